The van der Waals surface area contributed by atoms with Crippen LogP contribution in [0.1, 0.15) is 11.5 Å². The maximum absolute atomic E-state index is 13.0. The van der Waals surface area contributed by atoms with Gasteiger partial charge in [-0.3, -0.25) is 0 Å². The Bertz CT molecular complexity index is 863. The highest BCUT2D eigenvalue weighted by Crippen LogP contribution is 2.43. The minimum atomic E-state index is -4.00. The highest BCUT2D eigenvalue weighted by molar-refractivity contribution is 7.89. The zero-order valence-corrected chi connectivity index (χ0v) is 13.4. The Morgan fingerprint density at radius 3 is 2.29 bits per heavy atom. The quantitative estimate of drug-likeness (QED) is 0.916. The molecule has 0 aromatic heterocycles. The highest BCUT2D eigenvalue weighted by atomic mass is 32.2. The van der Waals surface area contributed by atoms with Gasteiger partial charge in [0.05, 0.1) is 23.6 Å². The van der Waals surface area contributed by atoms with Gasteiger partial charge in [-0.05, 0) is 29.8 Å². The van der Waals surface area contributed by atoms with Crippen molar-refractivity contribution in [3.63, 3.8) is 0 Å². The number of benzene rings is 2. The van der Waals surface area contributed by atoms with Crippen LogP contribution < -0.4 is 0 Å². The van der Waals surface area contributed by atoms with E-state index in [1.807, 2.05) is 12.1 Å². The number of aliphatic hydroxyl groups is 1. The molecule has 1 saturated heterocycles. The molecule has 0 unspecified atom stereocenters. The van der Waals surface area contributed by atoms with Crippen LogP contribution >= 0.6 is 0 Å². The van der Waals surface area contributed by atoms with E-state index in [1.54, 1.807) is 24.3 Å². The minimum Gasteiger partial charge on any atom is -0.395 e. The summed E-state index contributed by atoms with van der Waals surface area (Å²) in [6.07, 6.45) is 0. The number of nitriles is 1. The maximum Gasteiger partial charge on any atom is 0.244 e. The van der Waals surface area contributed by atoms with E-state index in [0.717, 1.165) is 34.1 Å². The first-order chi connectivity index (χ1) is 11.5. The normalized spacial score (nSPS) is 24.1. The first kappa shape index (κ1) is 16.6. The molecule has 0 bridgehead atoms. The molecule has 0 saturated carbocycles. The first-order valence-corrected chi connectivity index (χ1v) is 8.79. The molecule has 3 atom stereocenters. The second-order valence-corrected chi connectivity index (χ2v) is 7.39. The fourth-order valence-electron chi connectivity index (χ4n) is 3.10. The number of sulfonamides is 1. The van der Waals surface area contributed by atoms with E-state index >= 15 is 0 Å². The van der Waals surface area contributed by atoms with E-state index < -0.39 is 40.4 Å². The molecule has 24 heavy (non-hydrogen) atoms. The second-order valence-electron chi connectivity index (χ2n) is 5.55. The van der Waals surface area contributed by atoms with Crippen molar-refractivity contribution < 1.29 is 17.9 Å². The fourth-order valence-corrected chi connectivity index (χ4v) is 4.85. The summed E-state index contributed by atoms with van der Waals surface area (Å²) in [4.78, 5) is -0.103. The Hall–Kier alpha value is -2.27. The number of hydrogen-bond acceptors (Lipinski definition) is 4. The number of halogens is 1. The van der Waals surface area contributed by atoms with Crippen LogP contribution in [-0.2, 0) is 10.0 Å². The monoisotopic (exact) mass is 346 g/mol. The molecule has 0 amide bonds. The van der Waals surface area contributed by atoms with Gasteiger partial charge in [0, 0.05) is 5.92 Å². The van der Waals surface area contributed by atoms with Crippen molar-refractivity contribution >= 4 is 10.0 Å². The van der Waals surface area contributed by atoms with Gasteiger partial charge < -0.3 is 5.11 Å². The van der Waals surface area contributed by atoms with Crippen molar-refractivity contribution in [2.24, 2.45) is 0 Å². The lowest BCUT2D eigenvalue weighted by Gasteiger charge is -2.50. The van der Waals surface area contributed by atoms with Gasteiger partial charge in [-0.1, -0.05) is 30.3 Å². The zero-order valence-electron chi connectivity index (χ0n) is 12.6. The number of rotatable bonds is 4. The molecule has 1 heterocycles. The summed E-state index contributed by atoms with van der Waals surface area (Å²) in [6, 6.07) is 13.8. The molecule has 7 heteroatoms. The third kappa shape index (κ3) is 2.59. The molecule has 0 spiro atoms. The third-order valence-electron chi connectivity index (χ3n) is 4.25. The molecule has 1 N–H and O–H groups in total. The van der Waals surface area contributed by atoms with Gasteiger partial charge in [-0.15, -0.1) is 0 Å². The van der Waals surface area contributed by atoms with E-state index in [9.17, 15) is 23.2 Å². The third-order valence-corrected chi connectivity index (χ3v) is 6.17. The molecule has 3 rings (SSSR count). The van der Waals surface area contributed by atoms with Crippen molar-refractivity contribution in [1.82, 2.24) is 4.31 Å². The summed E-state index contributed by atoms with van der Waals surface area (Å²) < 4.78 is 39.6. The van der Waals surface area contributed by atoms with Gasteiger partial charge >= 0.3 is 0 Å². The van der Waals surface area contributed by atoms with E-state index in [2.05, 4.69) is 0 Å². The standard InChI is InChI=1S/C17H15FN2O3S/c18-13-6-8-14(9-7-13)24(22,23)20-15(10-19)17(16(20)11-21)12-4-2-1-3-5-12/h1-9,15-17,21H,11H2/t15-,16+,17+/m1/s1. The van der Waals surface area contributed by atoms with Crippen LogP contribution in [0.2, 0.25) is 0 Å². The highest BCUT2D eigenvalue weighted by Gasteiger charge is 2.55. The number of aliphatic hydroxyl groups excluding tert-OH is 1. The second kappa shape index (κ2) is 6.32. The van der Waals surface area contributed by atoms with Crippen LogP contribution in [0.25, 0.3) is 0 Å². The van der Waals surface area contributed by atoms with Crippen LogP contribution in [0.5, 0.6) is 0 Å². The molecular formula is C17H15FN2O3S. The number of nitrogens with zero attached hydrogens (tertiary/aromatic N) is 2. The fraction of sp³-hybridized carbons (Fsp3) is 0.235. The molecule has 124 valence electrons. The van der Waals surface area contributed by atoms with Gasteiger partial charge in [0.1, 0.15) is 11.9 Å². The molecular weight excluding hydrogens is 331 g/mol. The SMILES string of the molecule is N#C[C@@H]1[C@H](c2ccccc2)[C@H](CO)N1S(=O)(=O)c1ccc(F)cc1. The van der Waals surface area contributed by atoms with Crippen molar-refractivity contribution in [2.75, 3.05) is 6.61 Å². The first-order valence-electron chi connectivity index (χ1n) is 7.35. The van der Waals surface area contributed by atoms with Crippen LogP contribution in [0.15, 0.2) is 59.5 Å². The van der Waals surface area contributed by atoms with Gasteiger partial charge in [-0.2, -0.15) is 9.57 Å². The van der Waals surface area contributed by atoms with Crippen molar-refractivity contribution in [2.45, 2.75) is 22.9 Å². The van der Waals surface area contributed by atoms with E-state index in [0.29, 0.717) is 0 Å². The molecule has 2 aromatic rings. The van der Waals surface area contributed by atoms with Gasteiger partial charge in [0.15, 0.2) is 0 Å². The molecule has 1 aliphatic heterocycles. The summed E-state index contributed by atoms with van der Waals surface area (Å²) >= 11 is 0. The molecule has 0 aliphatic carbocycles. The summed E-state index contributed by atoms with van der Waals surface area (Å²) in [7, 11) is -4.00. The molecule has 2 aromatic carbocycles. The molecule has 1 aliphatic rings. The molecule has 5 nitrogen and oxygen atoms in total. The Morgan fingerprint density at radius 2 is 1.75 bits per heavy atom. The van der Waals surface area contributed by atoms with Crippen LogP contribution in [0.4, 0.5) is 4.39 Å². The Balaban J connectivity index is 1.99. The Kier molecular flexibility index (Phi) is 4.37. The predicted molar refractivity (Wildman–Crippen MR) is 84.9 cm³/mol. The lowest BCUT2D eigenvalue weighted by Crippen LogP contribution is -2.64. The van der Waals surface area contributed by atoms with Gasteiger partial charge in [0.25, 0.3) is 0 Å². The Morgan fingerprint density at radius 1 is 1.12 bits per heavy atom. The van der Waals surface area contributed by atoms with Crippen molar-refractivity contribution in [1.29, 1.82) is 5.26 Å². The zero-order chi connectivity index (χ0) is 17.3. The van der Waals surface area contributed by atoms with E-state index in [-0.39, 0.29) is 4.90 Å². The summed E-state index contributed by atoms with van der Waals surface area (Å²) in [5, 5.41) is 19.1. The molecule has 1 fully saturated rings. The topological polar surface area (TPSA) is 81.4 Å². The van der Waals surface area contributed by atoms with E-state index in [1.165, 1.54) is 0 Å². The largest absolute Gasteiger partial charge is 0.395 e. The lowest BCUT2D eigenvalue weighted by atomic mass is 9.78. The average Bonchev–Trinajstić information content (AvgIpc) is 2.56. The lowest BCUT2D eigenvalue weighted by molar-refractivity contribution is 0.0557. The van der Waals surface area contributed by atoms with Crippen molar-refractivity contribution in [3.8, 4) is 6.07 Å². The van der Waals surface area contributed by atoms with Crippen LogP contribution in [0, 0.1) is 17.1 Å². The maximum atomic E-state index is 13.0. The summed E-state index contributed by atoms with van der Waals surface area (Å²) in [5.74, 6) is -0.952. The van der Waals surface area contributed by atoms with Gasteiger partial charge in [-0.25, -0.2) is 12.8 Å². The van der Waals surface area contributed by atoms with Gasteiger partial charge in [0.2, 0.25) is 10.0 Å². The van der Waals surface area contributed by atoms with E-state index in [4.69, 9.17) is 0 Å². The molecule has 0 radical (unpaired) electrons. The van der Waals surface area contributed by atoms with Crippen LogP contribution in [-0.4, -0.2) is 36.5 Å². The smallest absolute Gasteiger partial charge is 0.244 e. The van der Waals surface area contributed by atoms with Crippen LogP contribution in [0.3, 0.4) is 0 Å². The predicted octanol–water partition coefficient (Wildman–Crippen LogP) is 1.87. The Labute approximate surface area is 139 Å². The summed E-state index contributed by atoms with van der Waals surface area (Å²) in [5.41, 5.74) is 0.800. The number of hydrogen-bond donors (Lipinski definition) is 1. The average molecular weight is 346 g/mol. The minimum absolute atomic E-state index is 0.103. The van der Waals surface area contributed by atoms with Crippen molar-refractivity contribution in [3.05, 3.63) is 66.0 Å². The summed E-state index contributed by atoms with van der Waals surface area (Å²) in [6.45, 7) is -0.405.